The highest BCUT2D eigenvalue weighted by atomic mass is 16.5. The maximum atomic E-state index is 13.5. The molecule has 0 aliphatic carbocycles. The number of benzene rings is 1. The number of ether oxygens (including phenoxy) is 3. The van der Waals surface area contributed by atoms with Gasteiger partial charge in [0.1, 0.15) is 6.04 Å². The topological polar surface area (TPSA) is 99.9 Å². The van der Waals surface area contributed by atoms with Crippen LogP contribution in [0.5, 0.6) is 11.5 Å². The molecule has 7 nitrogen and oxygen atoms in total. The van der Waals surface area contributed by atoms with Crippen LogP contribution in [0.15, 0.2) is 18.2 Å². The maximum absolute atomic E-state index is 13.5. The van der Waals surface area contributed by atoms with E-state index in [1.54, 1.807) is 14.2 Å². The molecule has 0 saturated carbocycles. The van der Waals surface area contributed by atoms with Crippen molar-refractivity contribution in [1.82, 2.24) is 5.32 Å². The highest BCUT2D eigenvalue weighted by Crippen LogP contribution is 2.41. The molecule has 7 heteroatoms. The van der Waals surface area contributed by atoms with Crippen LogP contribution in [0.4, 0.5) is 0 Å². The molecule has 0 saturated heterocycles. The molecule has 0 spiro atoms. The van der Waals surface area contributed by atoms with Crippen molar-refractivity contribution in [1.29, 1.82) is 0 Å². The fourth-order valence-electron chi connectivity index (χ4n) is 5.20. The number of nitrogens with one attached hydrogen (secondary N) is 1. The fourth-order valence-corrected chi connectivity index (χ4v) is 5.20. The second-order valence-electron chi connectivity index (χ2n) is 11.0. The molecule has 1 aromatic carbocycles. The van der Waals surface area contributed by atoms with Crippen LogP contribution < -0.4 is 20.5 Å². The third-order valence-electron chi connectivity index (χ3n) is 7.53. The van der Waals surface area contributed by atoms with Gasteiger partial charge in [0.15, 0.2) is 11.5 Å². The van der Waals surface area contributed by atoms with E-state index in [0.717, 1.165) is 56.4 Å². The Kier molecular flexibility index (Phi) is 14.6. The van der Waals surface area contributed by atoms with Gasteiger partial charge in [0.2, 0.25) is 11.8 Å². The minimum absolute atomic E-state index is 0.0484. The predicted octanol–water partition coefficient (Wildman–Crippen LogP) is 5.53. The molecule has 0 heterocycles. The number of hydrogen-bond acceptors (Lipinski definition) is 5. The lowest BCUT2D eigenvalue weighted by atomic mass is 9.65. The number of aryl methyl sites for hydroxylation is 1. The molecule has 1 rings (SSSR count). The van der Waals surface area contributed by atoms with Crippen molar-refractivity contribution < 1.29 is 23.8 Å². The number of nitrogens with two attached hydrogens (primary N) is 1. The van der Waals surface area contributed by atoms with Gasteiger partial charge in [-0.05, 0) is 54.7 Å². The first kappa shape index (κ1) is 32.7. The van der Waals surface area contributed by atoms with Gasteiger partial charge >= 0.3 is 0 Å². The minimum atomic E-state index is -0.650. The molecule has 0 fully saturated rings. The van der Waals surface area contributed by atoms with Crippen molar-refractivity contribution in [3.63, 3.8) is 0 Å². The zero-order chi connectivity index (χ0) is 28.0. The first-order valence-electron chi connectivity index (χ1n) is 13.9. The van der Waals surface area contributed by atoms with Crippen molar-refractivity contribution in [3.05, 3.63) is 23.8 Å². The lowest BCUT2D eigenvalue weighted by Crippen LogP contribution is -2.55. The van der Waals surface area contributed by atoms with E-state index in [4.69, 9.17) is 19.9 Å². The summed E-state index contributed by atoms with van der Waals surface area (Å²) >= 11 is 0. The normalized spacial score (nSPS) is 12.7. The van der Waals surface area contributed by atoms with Crippen LogP contribution in [-0.4, -0.2) is 45.3 Å². The number of unbranched alkanes of at least 4 members (excludes halogenated alkanes) is 3. The summed E-state index contributed by atoms with van der Waals surface area (Å²) in [6.45, 7) is 13.5. The molecule has 0 aliphatic heterocycles. The van der Waals surface area contributed by atoms with Gasteiger partial charge in [0.25, 0.3) is 0 Å². The smallest absolute Gasteiger partial charge is 0.240 e. The van der Waals surface area contributed by atoms with E-state index in [1.165, 1.54) is 5.56 Å². The highest BCUT2D eigenvalue weighted by molar-refractivity contribution is 5.89. The monoisotopic (exact) mass is 520 g/mol. The van der Waals surface area contributed by atoms with Gasteiger partial charge in [0.05, 0.1) is 19.1 Å². The first-order chi connectivity index (χ1) is 17.5. The van der Waals surface area contributed by atoms with Crippen molar-refractivity contribution >= 4 is 11.8 Å². The third-order valence-corrected chi connectivity index (χ3v) is 7.53. The molecule has 1 aromatic rings. The van der Waals surface area contributed by atoms with Crippen LogP contribution in [0.2, 0.25) is 0 Å². The Hall–Kier alpha value is -2.28. The molecular formula is C30H52N2O5. The Labute approximate surface area is 225 Å². The van der Waals surface area contributed by atoms with Crippen LogP contribution in [0.25, 0.3) is 0 Å². The Morgan fingerprint density at radius 2 is 1.54 bits per heavy atom. The summed E-state index contributed by atoms with van der Waals surface area (Å²) in [5.41, 5.74) is 6.27. The Morgan fingerprint density at radius 3 is 2.08 bits per heavy atom. The number of amides is 2. The zero-order valence-corrected chi connectivity index (χ0v) is 24.5. The number of primary amides is 1. The van der Waals surface area contributed by atoms with E-state index in [1.807, 2.05) is 19.9 Å². The fraction of sp³-hybridized carbons (Fsp3) is 0.733. The lowest BCUT2D eigenvalue weighted by molar-refractivity contribution is -0.141. The number of hydrogen-bond donors (Lipinski definition) is 2. The summed E-state index contributed by atoms with van der Waals surface area (Å²) in [5, 5.41) is 2.99. The van der Waals surface area contributed by atoms with Crippen LogP contribution in [0.1, 0.15) is 85.6 Å². The zero-order valence-electron chi connectivity index (χ0n) is 24.5. The Balaban J connectivity index is 2.69. The largest absolute Gasteiger partial charge is 0.493 e. The average molecular weight is 521 g/mol. The molecule has 37 heavy (non-hydrogen) atoms. The van der Waals surface area contributed by atoms with Gasteiger partial charge in [-0.15, -0.1) is 0 Å². The quantitative estimate of drug-likeness (QED) is 0.234. The molecule has 0 aliphatic rings. The summed E-state index contributed by atoms with van der Waals surface area (Å²) < 4.78 is 16.4. The van der Waals surface area contributed by atoms with Gasteiger partial charge < -0.3 is 25.3 Å². The lowest BCUT2D eigenvalue weighted by Gasteiger charge is -2.41. The van der Waals surface area contributed by atoms with Gasteiger partial charge in [-0.3, -0.25) is 9.59 Å². The number of rotatable bonds is 19. The second-order valence-corrected chi connectivity index (χ2v) is 11.0. The number of carbonyl (C=O) groups is 2. The van der Waals surface area contributed by atoms with E-state index >= 15 is 0 Å². The molecule has 2 amide bonds. The molecule has 1 atom stereocenters. The third kappa shape index (κ3) is 9.84. The molecular weight excluding hydrogens is 468 g/mol. The Bertz CT molecular complexity index is 814. The summed E-state index contributed by atoms with van der Waals surface area (Å²) in [7, 11) is 3.34. The summed E-state index contributed by atoms with van der Waals surface area (Å²) in [5.74, 6) is 1.24. The summed E-state index contributed by atoms with van der Waals surface area (Å²) in [4.78, 5) is 25.4. The van der Waals surface area contributed by atoms with Crippen LogP contribution in [0.3, 0.4) is 0 Å². The second kappa shape index (κ2) is 16.5. The molecule has 0 bridgehead atoms. The molecule has 212 valence electrons. The molecule has 0 unspecified atom stereocenters. The standard InChI is InChI=1S/C30H52N2O5/c1-21(2)27(28(31)33)32-29(34)30(22(3)4,23(5)6)17-12-10-9-11-14-24-15-16-25(36-8)26(20-24)37-19-13-18-35-7/h15-16,20-23,27H,9-14,17-19H2,1-8H3,(H2,31,33)(H,32,34)/t27-/m0/s1. The van der Waals surface area contributed by atoms with E-state index in [0.29, 0.717) is 13.2 Å². The summed E-state index contributed by atoms with van der Waals surface area (Å²) in [6.07, 6.45) is 6.75. The molecule has 0 radical (unpaired) electrons. The van der Waals surface area contributed by atoms with Crippen molar-refractivity contribution in [2.45, 2.75) is 92.5 Å². The molecule has 3 N–H and O–H groups in total. The van der Waals surface area contributed by atoms with Gasteiger partial charge in [0, 0.05) is 20.1 Å². The average Bonchev–Trinajstić information content (AvgIpc) is 2.83. The summed E-state index contributed by atoms with van der Waals surface area (Å²) in [6, 6.07) is 5.48. The van der Waals surface area contributed by atoms with E-state index in [2.05, 4.69) is 45.1 Å². The highest BCUT2D eigenvalue weighted by Gasteiger charge is 2.44. The van der Waals surface area contributed by atoms with Crippen molar-refractivity contribution in [2.75, 3.05) is 27.4 Å². The minimum Gasteiger partial charge on any atom is -0.493 e. The van der Waals surface area contributed by atoms with Crippen LogP contribution in [-0.2, 0) is 20.7 Å². The SMILES string of the molecule is COCCCOc1cc(CCCCCCC(C(=O)N[C@H](C(N)=O)C(C)C)(C(C)C)C(C)C)ccc1OC. The molecule has 0 aromatic heterocycles. The maximum Gasteiger partial charge on any atom is 0.240 e. The number of methoxy groups -OCH3 is 2. The van der Waals surface area contributed by atoms with Gasteiger partial charge in [-0.25, -0.2) is 0 Å². The van der Waals surface area contributed by atoms with E-state index in [9.17, 15) is 9.59 Å². The first-order valence-corrected chi connectivity index (χ1v) is 13.9. The van der Waals surface area contributed by atoms with Crippen LogP contribution in [0, 0.1) is 23.2 Å². The van der Waals surface area contributed by atoms with E-state index < -0.39 is 17.4 Å². The van der Waals surface area contributed by atoms with Gasteiger partial charge in [-0.2, -0.15) is 0 Å². The van der Waals surface area contributed by atoms with Crippen LogP contribution >= 0.6 is 0 Å². The predicted molar refractivity (Wildman–Crippen MR) is 150 cm³/mol. The van der Waals surface area contributed by atoms with Crippen molar-refractivity contribution in [3.8, 4) is 11.5 Å². The Morgan fingerprint density at radius 1 is 0.892 bits per heavy atom. The van der Waals surface area contributed by atoms with E-state index in [-0.39, 0.29) is 23.7 Å². The van der Waals surface area contributed by atoms with Crippen molar-refractivity contribution in [2.24, 2.45) is 28.9 Å². The number of carbonyl (C=O) groups excluding carboxylic acids is 2. The van der Waals surface area contributed by atoms with Gasteiger partial charge in [-0.1, -0.05) is 66.9 Å².